The molecule has 1 aromatic heterocycles. The minimum absolute atomic E-state index is 0.193. The minimum Gasteiger partial charge on any atom is -0.469 e. The third-order valence-corrected chi connectivity index (χ3v) is 3.13. The fourth-order valence-corrected chi connectivity index (χ4v) is 2.17. The molecule has 0 aliphatic carbocycles. The van der Waals surface area contributed by atoms with Crippen LogP contribution in [0.4, 0.5) is 0 Å². The van der Waals surface area contributed by atoms with E-state index in [9.17, 15) is 9.59 Å². The molecule has 82 valence electrons. The highest BCUT2D eigenvalue weighted by molar-refractivity contribution is 7.12. The number of carbonyl (C=O) groups excluding carboxylic acids is 2. The minimum atomic E-state index is -0.227. The van der Waals surface area contributed by atoms with Gasteiger partial charge in [-0.3, -0.25) is 4.79 Å². The first kappa shape index (κ1) is 11.9. The molecule has 3 nitrogen and oxygen atoms in total. The van der Waals surface area contributed by atoms with Gasteiger partial charge in [-0.05, 0) is 25.5 Å². The number of hydrogen-bond donors (Lipinski definition) is 0. The lowest BCUT2D eigenvalue weighted by atomic mass is 10.2. The second-order valence-electron chi connectivity index (χ2n) is 3.32. The summed E-state index contributed by atoms with van der Waals surface area (Å²) in [5.41, 5.74) is 0. The van der Waals surface area contributed by atoms with E-state index in [2.05, 4.69) is 4.74 Å². The van der Waals surface area contributed by atoms with E-state index in [0.717, 1.165) is 16.2 Å². The highest BCUT2D eigenvalue weighted by Gasteiger charge is 2.06. The summed E-state index contributed by atoms with van der Waals surface area (Å²) in [6, 6.07) is 3.88. The first-order valence-corrected chi connectivity index (χ1v) is 5.57. The van der Waals surface area contributed by atoms with E-state index in [-0.39, 0.29) is 11.8 Å². The van der Waals surface area contributed by atoms with E-state index in [1.807, 2.05) is 12.1 Å². The zero-order valence-electron chi connectivity index (χ0n) is 8.91. The quantitative estimate of drug-likeness (QED) is 0.721. The van der Waals surface area contributed by atoms with Gasteiger partial charge in [-0.15, -0.1) is 11.3 Å². The number of thiophene rings is 1. The fraction of sp³-hybridized carbons (Fsp3) is 0.455. The Balaban J connectivity index is 2.49. The van der Waals surface area contributed by atoms with Crippen LogP contribution in [0.3, 0.4) is 0 Å². The Kier molecular flexibility index (Phi) is 4.49. The maximum Gasteiger partial charge on any atom is 0.310 e. The number of esters is 1. The van der Waals surface area contributed by atoms with Crippen molar-refractivity contribution in [2.24, 2.45) is 0 Å². The van der Waals surface area contributed by atoms with Gasteiger partial charge >= 0.3 is 5.97 Å². The molecule has 0 radical (unpaired) electrons. The van der Waals surface area contributed by atoms with E-state index in [1.54, 1.807) is 18.3 Å². The molecular weight excluding hydrogens is 212 g/mol. The van der Waals surface area contributed by atoms with Crippen molar-refractivity contribution in [1.29, 1.82) is 0 Å². The Labute approximate surface area is 93.1 Å². The van der Waals surface area contributed by atoms with Crippen LogP contribution in [0.2, 0.25) is 0 Å². The highest BCUT2D eigenvalue weighted by Crippen LogP contribution is 2.18. The van der Waals surface area contributed by atoms with E-state index in [4.69, 9.17) is 0 Å². The van der Waals surface area contributed by atoms with Crippen molar-refractivity contribution in [2.45, 2.75) is 26.2 Å². The Bertz CT molecular complexity index is 354. The topological polar surface area (TPSA) is 43.4 Å². The van der Waals surface area contributed by atoms with Crippen molar-refractivity contribution in [3.05, 3.63) is 21.9 Å². The van der Waals surface area contributed by atoms with E-state index in [0.29, 0.717) is 12.8 Å². The molecule has 0 fully saturated rings. The van der Waals surface area contributed by atoms with Crippen LogP contribution in [-0.2, 0) is 27.2 Å². The molecule has 0 unspecified atom stereocenters. The molecule has 1 heterocycles. The number of hydrogen-bond acceptors (Lipinski definition) is 4. The zero-order valence-corrected chi connectivity index (χ0v) is 9.73. The van der Waals surface area contributed by atoms with E-state index < -0.39 is 0 Å². The van der Waals surface area contributed by atoms with Crippen LogP contribution >= 0.6 is 11.3 Å². The van der Waals surface area contributed by atoms with Gasteiger partial charge in [0, 0.05) is 16.2 Å². The summed E-state index contributed by atoms with van der Waals surface area (Å²) in [6.45, 7) is 1.59. The summed E-state index contributed by atoms with van der Waals surface area (Å²) < 4.78 is 4.58. The largest absolute Gasteiger partial charge is 0.469 e. The predicted octanol–water partition coefficient (Wildman–Crippen LogP) is 1.99. The number of ketones is 1. The molecule has 0 atom stereocenters. The van der Waals surface area contributed by atoms with E-state index in [1.165, 1.54) is 7.11 Å². The van der Waals surface area contributed by atoms with Crippen LogP contribution in [0.15, 0.2) is 12.1 Å². The average molecular weight is 226 g/mol. The predicted molar refractivity (Wildman–Crippen MR) is 59.0 cm³/mol. The SMILES string of the molecule is COC(=O)Cc1ccc(CCC(C)=O)s1. The second kappa shape index (κ2) is 5.66. The number of aryl methyl sites for hydroxylation is 1. The highest BCUT2D eigenvalue weighted by atomic mass is 32.1. The van der Waals surface area contributed by atoms with Gasteiger partial charge in [0.25, 0.3) is 0 Å². The van der Waals surface area contributed by atoms with Gasteiger partial charge in [0.05, 0.1) is 13.5 Å². The summed E-state index contributed by atoms with van der Waals surface area (Å²) in [6.07, 6.45) is 1.65. The lowest BCUT2D eigenvalue weighted by molar-refractivity contribution is -0.139. The van der Waals surface area contributed by atoms with Gasteiger partial charge in [0.1, 0.15) is 5.78 Å². The molecule has 1 rings (SSSR count). The van der Waals surface area contributed by atoms with Crippen LogP contribution in [0.5, 0.6) is 0 Å². The molecule has 1 aromatic rings. The summed E-state index contributed by atoms with van der Waals surface area (Å²) >= 11 is 1.57. The Hall–Kier alpha value is -1.16. The zero-order chi connectivity index (χ0) is 11.3. The van der Waals surface area contributed by atoms with Crippen molar-refractivity contribution in [1.82, 2.24) is 0 Å². The molecule has 0 bridgehead atoms. The van der Waals surface area contributed by atoms with Crippen LogP contribution in [0.25, 0.3) is 0 Å². The van der Waals surface area contributed by atoms with Crippen molar-refractivity contribution in [2.75, 3.05) is 7.11 Å². The van der Waals surface area contributed by atoms with Crippen LogP contribution in [0.1, 0.15) is 23.1 Å². The standard InChI is InChI=1S/C11H14O3S/c1-8(12)3-4-9-5-6-10(15-9)7-11(13)14-2/h5-6H,3-4,7H2,1-2H3. The maximum absolute atomic E-state index is 11.0. The third-order valence-electron chi connectivity index (χ3n) is 1.99. The van der Waals surface area contributed by atoms with Crippen molar-refractivity contribution in [3.63, 3.8) is 0 Å². The van der Waals surface area contributed by atoms with Crippen LogP contribution in [-0.4, -0.2) is 18.9 Å². The number of methoxy groups -OCH3 is 1. The second-order valence-corrected chi connectivity index (χ2v) is 4.58. The molecule has 0 saturated carbocycles. The maximum atomic E-state index is 11.0. The van der Waals surface area contributed by atoms with Crippen LogP contribution in [0, 0.1) is 0 Å². The summed E-state index contributed by atoms with van der Waals surface area (Å²) in [5, 5.41) is 0. The van der Waals surface area contributed by atoms with Gasteiger partial charge in [-0.1, -0.05) is 0 Å². The molecule has 15 heavy (non-hydrogen) atoms. The molecule has 0 aliphatic heterocycles. The number of carbonyl (C=O) groups is 2. The number of ether oxygens (including phenoxy) is 1. The first-order chi connectivity index (χ1) is 7.11. The van der Waals surface area contributed by atoms with Gasteiger partial charge in [-0.25, -0.2) is 0 Å². The fourth-order valence-electron chi connectivity index (χ4n) is 1.17. The number of Topliss-reactive ketones (excluding diaryl/α,β-unsaturated/α-hetero) is 1. The lowest BCUT2D eigenvalue weighted by Gasteiger charge is -1.95. The molecule has 0 N–H and O–H groups in total. The molecule has 0 aromatic carbocycles. The monoisotopic (exact) mass is 226 g/mol. The summed E-state index contributed by atoms with van der Waals surface area (Å²) in [5.74, 6) is -0.0344. The normalized spacial score (nSPS) is 10.0. The molecule has 0 spiro atoms. The Morgan fingerprint density at radius 2 is 2.00 bits per heavy atom. The summed E-state index contributed by atoms with van der Waals surface area (Å²) in [7, 11) is 1.38. The van der Waals surface area contributed by atoms with Gasteiger partial charge in [0.2, 0.25) is 0 Å². The number of rotatable bonds is 5. The Morgan fingerprint density at radius 1 is 1.33 bits per heavy atom. The Morgan fingerprint density at radius 3 is 2.60 bits per heavy atom. The van der Waals surface area contributed by atoms with Gasteiger partial charge in [-0.2, -0.15) is 0 Å². The average Bonchev–Trinajstić information content (AvgIpc) is 2.62. The molecule has 4 heteroatoms. The molecular formula is C11H14O3S. The molecule has 0 saturated heterocycles. The lowest BCUT2D eigenvalue weighted by Crippen LogP contribution is -2.02. The smallest absolute Gasteiger partial charge is 0.310 e. The van der Waals surface area contributed by atoms with Gasteiger partial charge in [0.15, 0.2) is 0 Å². The van der Waals surface area contributed by atoms with Crippen molar-refractivity contribution >= 4 is 23.1 Å². The summed E-state index contributed by atoms with van der Waals surface area (Å²) in [4.78, 5) is 23.9. The third kappa shape index (κ3) is 4.25. The first-order valence-electron chi connectivity index (χ1n) is 4.75. The van der Waals surface area contributed by atoms with Crippen molar-refractivity contribution < 1.29 is 14.3 Å². The van der Waals surface area contributed by atoms with Gasteiger partial charge < -0.3 is 9.53 Å². The molecule has 0 aliphatic rings. The van der Waals surface area contributed by atoms with Crippen molar-refractivity contribution in [3.8, 4) is 0 Å². The van der Waals surface area contributed by atoms with E-state index >= 15 is 0 Å². The van der Waals surface area contributed by atoms with Crippen LogP contribution < -0.4 is 0 Å². The molecule has 0 amide bonds.